The molecule has 0 saturated carbocycles. The SMILES string of the molecule is CCOC(=O)c1cccc(S(=O)(=O)N2CCC(N(C)Cc3cccc(C(F)(F)F)c3)CC2)c1. The number of alkyl halides is 3. The number of hydrogen-bond acceptors (Lipinski definition) is 5. The highest BCUT2D eigenvalue weighted by Crippen LogP contribution is 2.30. The van der Waals surface area contributed by atoms with E-state index in [1.54, 1.807) is 13.0 Å². The highest BCUT2D eigenvalue weighted by atomic mass is 32.2. The number of carbonyl (C=O) groups excluding carboxylic acids is 1. The molecule has 33 heavy (non-hydrogen) atoms. The smallest absolute Gasteiger partial charge is 0.416 e. The molecular weight excluding hydrogens is 457 g/mol. The van der Waals surface area contributed by atoms with Crippen LogP contribution in [-0.4, -0.2) is 56.4 Å². The van der Waals surface area contributed by atoms with E-state index in [2.05, 4.69) is 0 Å². The number of piperidine rings is 1. The average Bonchev–Trinajstić information content (AvgIpc) is 2.79. The third kappa shape index (κ3) is 6.13. The van der Waals surface area contributed by atoms with Crippen LogP contribution in [0.3, 0.4) is 0 Å². The molecule has 0 unspecified atom stereocenters. The fraction of sp³-hybridized carbons (Fsp3) is 0.435. The van der Waals surface area contributed by atoms with Gasteiger partial charge in [0.1, 0.15) is 0 Å². The van der Waals surface area contributed by atoms with Gasteiger partial charge in [-0.25, -0.2) is 13.2 Å². The highest BCUT2D eigenvalue weighted by Gasteiger charge is 2.32. The van der Waals surface area contributed by atoms with E-state index in [4.69, 9.17) is 4.74 Å². The molecule has 2 aromatic carbocycles. The average molecular weight is 485 g/mol. The molecule has 0 amide bonds. The second-order valence-corrected chi connectivity index (χ2v) is 9.93. The molecule has 0 bridgehead atoms. The van der Waals surface area contributed by atoms with Crippen LogP contribution in [0, 0.1) is 0 Å². The molecule has 1 aliphatic rings. The van der Waals surface area contributed by atoms with E-state index in [-0.39, 0.29) is 36.2 Å². The molecular formula is C23H27F3N2O4S. The monoisotopic (exact) mass is 484 g/mol. The predicted octanol–water partition coefficient (Wildman–Crippen LogP) is 4.17. The Bertz CT molecular complexity index is 1080. The van der Waals surface area contributed by atoms with E-state index in [0.29, 0.717) is 24.9 Å². The number of nitrogens with zero attached hydrogens (tertiary/aromatic N) is 2. The molecule has 0 atom stereocenters. The first-order valence-corrected chi connectivity index (χ1v) is 12.1. The number of hydrogen-bond donors (Lipinski definition) is 0. The van der Waals surface area contributed by atoms with Gasteiger partial charge in [0, 0.05) is 25.7 Å². The Balaban J connectivity index is 1.63. The summed E-state index contributed by atoms with van der Waals surface area (Å²) in [5, 5.41) is 0. The van der Waals surface area contributed by atoms with Crippen molar-refractivity contribution in [3.63, 3.8) is 0 Å². The Morgan fingerprint density at radius 2 is 1.79 bits per heavy atom. The standard InChI is InChI=1S/C23H27F3N2O4S/c1-3-32-22(29)18-7-5-9-21(15-18)33(30,31)28-12-10-20(11-13-28)27(2)16-17-6-4-8-19(14-17)23(24,25)26/h4-9,14-15,20H,3,10-13,16H2,1-2H3. The number of halogens is 3. The van der Waals surface area contributed by atoms with Gasteiger partial charge >= 0.3 is 12.1 Å². The Kier molecular flexibility index (Phi) is 7.81. The number of rotatable bonds is 7. The van der Waals surface area contributed by atoms with Crippen LogP contribution in [0.5, 0.6) is 0 Å². The second-order valence-electron chi connectivity index (χ2n) is 8.00. The van der Waals surface area contributed by atoms with E-state index in [9.17, 15) is 26.4 Å². The summed E-state index contributed by atoms with van der Waals surface area (Å²) in [6, 6.07) is 11.1. The summed E-state index contributed by atoms with van der Waals surface area (Å²) in [5.74, 6) is -0.579. The van der Waals surface area contributed by atoms with Crippen LogP contribution in [0.1, 0.15) is 41.3 Å². The maximum atomic E-state index is 13.1. The maximum absolute atomic E-state index is 13.1. The number of sulfonamides is 1. The van der Waals surface area contributed by atoms with Crippen LogP contribution >= 0.6 is 0 Å². The van der Waals surface area contributed by atoms with Gasteiger partial charge in [-0.05, 0) is 56.6 Å². The lowest BCUT2D eigenvalue weighted by Crippen LogP contribution is -2.45. The normalized spacial score (nSPS) is 16.2. The first-order chi connectivity index (χ1) is 15.5. The molecule has 1 saturated heterocycles. The minimum Gasteiger partial charge on any atom is -0.462 e. The largest absolute Gasteiger partial charge is 0.462 e. The summed E-state index contributed by atoms with van der Waals surface area (Å²) < 4.78 is 71.3. The molecule has 0 aliphatic carbocycles. The number of benzene rings is 2. The third-order valence-corrected chi connectivity index (χ3v) is 7.61. The van der Waals surface area contributed by atoms with E-state index >= 15 is 0 Å². The zero-order valence-electron chi connectivity index (χ0n) is 18.5. The van der Waals surface area contributed by atoms with Crippen molar-refractivity contribution >= 4 is 16.0 Å². The van der Waals surface area contributed by atoms with Crippen LogP contribution < -0.4 is 0 Å². The van der Waals surface area contributed by atoms with E-state index in [1.807, 2.05) is 11.9 Å². The summed E-state index contributed by atoms with van der Waals surface area (Å²) in [4.78, 5) is 13.9. The molecule has 0 N–H and O–H groups in total. The Labute approximate surface area is 192 Å². The van der Waals surface area contributed by atoms with Crippen LogP contribution in [0.25, 0.3) is 0 Å². The number of esters is 1. The minimum absolute atomic E-state index is 0.0313. The molecule has 6 nitrogen and oxygen atoms in total. The lowest BCUT2D eigenvalue weighted by atomic mass is 10.0. The van der Waals surface area contributed by atoms with Crippen molar-refractivity contribution < 1.29 is 31.1 Å². The predicted molar refractivity (Wildman–Crippen MR) is 117 cm³/mol. The molecule has 0 spiro atoms. The lowest BCUT2D eigenvalue weighted by Gasteiger charge is -2.36. The van der Waals surface area contributed by atoms with E-state index in [1.165, 1.54) is 34.6 Å². The topological polar surface area (TPSA) is 66.9 Å². The van der Waals surface area contributed by atoms with Crippen LogP contribution in [0.15, 0.2) is 53.4 Å². The van der Waals surface area contributed by atoms with Gasteiger partial charge < -0.3 is 4.74 Å². The molecule has 2 aromatic rings. The summed E-state index contributed by atoms with van der Waals surface area (Å²) in [5.41, 5.74) is 0.0474. The molecule has 0 aromatic heterocycles. The zero-order chi connectivity index (χ0) is 24.2. The fourth-order valence-electron chi connectivity index (χ4n) is 3.93. The molecule has 10 heteroatoms. The number of ether oxygens (including phenoxy) is 1. The molecule has 3 rings (SSSR count). The van der Waals surface area contributed by atoms with E-state index < -0.39 is 27.7 Å². The van der Waals surface area contributed by atoms with Crippen LogP contribution in [0.4, 0.5) is 13.2 Å². The van der Waals surface area contributed by atoms with Crippen molar-refractivity contribution in [1.29, 1.82) is 0 Å². The van der Waals surface area contributed by atoms with Crippen molar-refractivity contribution in [2.75, 3.05) is 26.7 Å². The summed E-state index contributed by atoms with van der Waals surface area (Å²) in [6.07, 6.45) is -3.29. The molecule has 0 radical (unpaired) electrons. The second kappa shape index (κ2) is 10.2. The van der Waals surface area contributed by atoms with Crippen molar-refractivity contribution in [3.05, 3.63) is 65.2 Å². The molecule has 1 aliphatic heterocycles. The molecule has 180 valence electrons. The molecule has 1 heterocycles. The van der Waals surface area contributed by atoms with Crippen molar-refractivity contribution in [1.82, 2.24) is 9.21 Å². The molecule has 1 fully saturated rings. The van der Waals surface area contributed by atoms with Crippen molar-refractivity contribution in [3.8, 4) is 0 Å². The van der Waals surface area contributed by atoms with Crippen molar-refractivity contribution in [2.45, 2.75) is 43.4 Å². The summed E-state index contributed by atoms with van der Waals surface area (Å²) >= 11 is 0. The zero-order valence-corrected chi connectivity index (χ0v) is 19.3. The first kappa shape index (κ1) is 25.2. The third-order valence-electron chi connectivity index (χ3n) is 5.72. The first-order valence-electron chi connectivity index (χ1n) is 10.7. The van der Waals surface area contributed by atoms with Crippen LogP contribution in [0.2, 0.25) is 0 Å². The summed E-state index contributed by atoms with van der Waals surface area (Å²) in [7, 11) is -1.95. The van der Waals surface area contributed by atoms with Crippen LogP contribution in [-0.2, 0) is 27.5 Å². The van der Waals surface area contributed by atoms with Gasteiger partial charge in [-0.2, -0.15) is 17.5 Å². The van der Waals surface area contributed by atoms with Gasteiger partial charge in [0.2, 0.25) is 10.0 Å². The van der Waals surface area contributed by atoms with Gasteiger partial charge in [0.05, 0.1) is 22.6 Å². The van der Waals surface area contributed by atoms with Crippen molar-refractivity contribution in [2.24, 2.45) is 0 Å². The summed E-state index contributed by atoms with van der Waals surface area (Å²) in [6.45, 7) is 2.76. The Hall–Kier alpha value is -2.43. The Morgan fingerprint density at radius 3 is 2.42 bits per heavy atom. The van der Waals surface area contributed by atoms with E-state index in [0.717, 1.165) is 12.1 Å². The van der Waals surface area contributed by atoms with Gasteiger partial charge in [-0.15, -0.1) is 0 Å². The van der Waals surface area contributed by atoms with Gasteiger partial charge in [0.25, 0.3) is 0 Å². The highest BCUT2D eigenvalue weighted by molar-refractivity contribution is 7.89. The van der Waals surface area contributed by atoms with Gasteiger partial charge in [0.15, 0.2) is 0 Å². The van der Waals surface area contributed by atoms with Gasteiger partial charge in [-0.3, -0.25) is 4.90 Å². The quantitative estimate of drug-likeness (QED) is 0.552. The fourth-order valence-corrected chi connectivity index (χ4v) is 5.45. The van der Waals surface area contributed by atoms with Gasteiger partial charge in [-0.1, -0.05) is 24.3 Å². The Morgan fingerprint density at radius 1 is 1.12 bits per heavy atom. The lowest BCUT2D eigenvalue weighted by molar-refractivity contribution is -0.137. The number of carbonyl (C=O) groups is 1. The maximum Gasteiger partial charge on any atom is 0.416 e. The minimum atomic E-state index is -4.39.